The summed E-state index contributed by atoms with van der Waals surface area (Å²) in [5.74, 6) is -0.990. The molecular formula is C27H34N2O5. The Morgan fingerprint density at radius 3 is 2.09 bits per heavy atom. The van der Waals surface area contributed by atoms with Gasteiger partial charge in [0.05, 0.1) is 6.54 Å². The molecule has 2 aromatic rings. The van der Waals surface area contributed by atoms with E-state index in [9.17, 15) is 14.4 Å². The quantitative estimate of drug-likeness (QED) is 0.476. The van der Waals surface area contributed by atoms with Gasteiger partial charge < -0.3 is 20.5 Å². The number of hydrogen-bond acceptors (Lipinski definition) is 4. The maximum atomic E-state index is 12.2. The van der Waals surface area contributed by atoms with Gasteiger partial charge in [0.15, 0.2) is 0 Å². The second-order valence-electron chi connectivity index (χ2n) is 9.81. The first kappa shape index (κ1) is 25.3. The average Bonchev–Trinajstić information content (AvgIpc) is 3.11. The van der Waals surface area contributed by atoms with Crippen molar-refractivity contribution >= 4 is 18.0 Å². The highest BCUT2D eigenvalue weighted by Crippen LogP contribution is 2.44. The maximum Gasteiger partial charge on any atom is 0.407 e. The molecule has 0 radical (unpaired) electrons. The summed E-state index contributed by atoms with van der Waals surface area (Å²) in [6.07, 6.45) is 0.713. The lowest BCUT2D eigenvalue weighted by molar-refractivity contribution is -0.137. The molecule has 0 aromatic heterocycles. The number of fused-ring (bicyclic) bond motifs is 3. The maximum absolute atomic E-state index is 12.2. The summed E-state index contributed by atoms with van der Waals surface area (Å²) >= 11 is 0. The third-order valence-electron chi connectivity index (χ3n) is 6.48. The lowest BCUT2D eigenvalue weighted by Gasteiger charge is -2.30. The van der Waals surface area contributed by atoms with Crippen LogP contribution in [0.15, 0.2) is 48.5 Å². The van der Waals surface area contributed by atoms with Gasteiger partial charge in [0.2, 0.25) is 5.91 Å². The zero-order chi connectivity index (χ0) is 24.7. The molecule has 0 fully saturated rings. The van der Waals surface area contributed by atoms with Crippen LogP contribution in [0.25, 0.3) is 11.1 Å². The van der Waals surface area contributed by atoms with Gasteiger partial charge >= 0.3 is 12.1 Å². The Balaban J connectivity index is 1.42. The van der Waals surface area contributed by atoms with E-state index in [0.29, 0.717) is 19.4 Å². The number of carboxylic acid groups (broad SMARTS) is 1. The predicted molar refractivity (Wildman–Crippen MR) is 131 cm³/mol. The number of carbonyl (C=O) groups excluding carboxylic acids is 2. The highest BCUT2D eigenvalue weighted by atomic mass is 16.5. The monoisotopic (exact) mass is 466 g/mol. The van der Waals surface area contributed by atoms with Gasteiger partial charge in [0.25, 0.3) is 0 Å². The molecule has 0 aliphatic heterocycles. The van der Waals surface area contributed by atoms with Gasteiger partial charge in [-0.1, -0.05) is 69.3 Å². The molecule has 0 bridgehead atoms. The number of carbonyl (C=O) groups is 3. The Morgan fingerprint density at radius 1 is 0.941 bits per heavy atom. The minimum Gasteiger partial charge on any atom is -0.481 e. The Kier molecular flexibility index (Phi) is 8.31. The molecule has 7 heteroatoms. The molecule has 2 amide bonds. The molecule has 7 nitrogen and oxygen atoms in total. The van der Waals surface area contributed by atoms with Gasteiger partial charge in [-0.05, 0) is 46.4 Å². The first-order chi connectivity index (χ1) is 16.2. The van der Waals surface area contributed by atoms with Crippen molar-refractivity contribution in [2.45, 2.75) is 46.0 Å². The van der Waals surface area contributed by atoms with E-state index in [1.165, 1.54) is 0 Å². The van der Waals surface area contributed by atoms with Crippen molar-refractivity contribution in [2.75, 3.05) is 19.7 Å². The van der Waals surface area contributed by atoms with Crippen molar-refractivity contribution in [1.82, 2.24) is 10.6 Å². The third-order valence-corrected chi connectivity index (χ3v) is 6.48. The van der Waals surface area contributed by atoms with Crippen LogP contribution in [0.3, 0.4) is 0 Å². The number of rotatable bonds is 10. The van der Waals surface area contributed by atoms with E-state index in [0.717, 1.165) is 22.3 Å². The molecule has 1 unspecified atom stereocenters. The summed E-state index contributed by atoms with van der Waals surface area (Å²) in [5, 5.41) is 14.3. The minimum atomic E-state index is -0.814. The number of benzene rings is 2. The Bertz CT molecular complexity index is 982. The SMILES string of the molecule is CC(C)(C)C(CCNC(=O)CNC(=O)OCC1c2ccccc2-c2ccccc21)CCC(=O)O. The molecule has 3 rings (SSSR count). The molecule has 0 heterocycles. The predicted octanol–water partition coefficient (Wildman–Crippen LogP) is 4.56. The van der Waals surface area contributed by atoms with Crippen molar-refractivity contribution in [1.29, 1.82) is 0 Å². The standard InChI is InChI=1S/C27H34N2O5/c1-27(2,3)18(12-13-25(31)32)14-15-28-24(30)16-29-26(33)34-17-23-21-10-6-4-8-19(21)20-9-5-7-11-22(20)23/h4-11,18,23H,12-17H2,1-3H3,(H,28,30)(H,29,33)(H,31,32). The first-order valence-corrected chi connectivity index (χ1v) is 11.7. The summed E-state index contributed by atoms with van der Waals surface area (Å²) in [6, 6.07) is 16.2. The summed E-state index contributed by atoms with van der Waals surface area (Å²) in [4.78, 5) is 35.3. The van der Waals surface area contributed by atoms with Crippen molar-refractivity contribution in [3.8, 4) is 11.1 Å². The fraction of sp³-hybridized carbons (Fsp3) is 0.444. The van der Waals surface area contributed by atoms with Gasteiger partial charge in [-0.25, -0.2) is 4.79 Å². The lowest BCUT2D eigenvalue weighted by Crippen LogP contribution is -2.38. The van der Waals surface area contributed by atoms with Crippen molar-refractivity contribution in [3.63, 3.8) is 0 Å². The highest BCUT2D eigenvalue weighted by Gasteiger charge is 2.29. The molecule has 0 spiro atoms. The van der Waals surface area contributed by atoms with Crippen molar-refractivity contribution < 1.29 is 24.2 Å². The number of aliphatic carboxylic acids is 1. The first-order valence-electron chi connectivity index (χ1n) is 11.7. The summed E-state index contributed by atoms with van der Waals surface area (Å²) in [5.41, 5.74) is 4.52. The molecule has 1 aliphatic rings. The molecule has 34 heavy (non-hydrogen) atoms. The molecular weight excluding hydrogens is 432 g/mol. The fourth-order valence-electron chi connectivity index (χ4n) is 4.56. The molecule has 2 aromatic carbocycles. The molecule has 1 atom stereocenters. The van der Waals surface area contributed by atoms with Crippen LogP contribution in [0.4, 0.5) is 4.79 Å². The van der Waals surface area contributed by atoms with E-state index in [1.54, 1.807) is 0 Å². The number of ether oxygens (including phenoxy) is 1. The van der Waals surface area contributed by atoms with Gasteiger partial charge in [0, 0.05) is 18.9 Å². The number of amides is 2. The van der Waals surface area contributed by atoms with E-state index in [2.05, 4.69) is 55.7 Å². The molecule has 3 N–H and O–H groups in total. The number of nitrogens with one attached hydrogen (secondary N) is 2. The second-order valence-corrected chi connectivity index (χ2v) is 9.81. The third kappa shape index (κ3) is 6.59. The van der Waals surface area contributed by atoms with E-state index >= 15 is 0 Å². The smallest absolute Gasteiger partial charge is 0.407 e. The highest BCUT2D eigenvalue weighted by molar-refractivity contribution is 5.82. The van der Waals surface area contributed by atoms with Crippen LogP contribution in [-0.4, -0.2) is 42.8 Å². The Morgan fingerprint density at radius 2 is 1.53 bits per heavy atom. The Labute approximate surface area is 200 Å². The van der Waals surface area contributed by atoms with E-state index in [4.69, 9.17) is 9.84 Å². The Hall–Kier alpha value is -3.35. The van der Waals surface area contributed by atoms with Crippen LogP contribution < -0.4 is 10.6 Å². The van der Waals surface area contributed by atoms with Crippen LogP contribution in [0, 0.1) is 11.3 Å². The fourth-order valence-corrected chi connectivity index (χ4v) is 4.56. The van der Waals surface area contributed by atoms with E-state index < -0.39 is 12.1 Å². The molecule has 0 saturated heterocycles. The van der Waals surface area contributed by atoms with Gasteiger partial charge in [0.1, 0.15) is 6.61 Å². The minimum absolute atomic E-state index is 0.0351. The second kappa shape index (κ2) is 11.2. The zero-order valence-electron chi connectivity index (χ0n) is 20.1. The number of alkyl carbamates (subject to hydrolysis) is 1. The largest absolute Gasteiger partial charge is 0.481 e. The zero-order valence-corrected chi connectivity index (χ0v) is 20.1. The van der Waals surface area contributed by atoms with Crippen LogP contribution in [0.1, 0.15) is 57.1 Å². The van der Waals surface area contributed by atoms with Crippen LogP contribution in [0.5, 0.6) is 0 Å². The summed E-state index contributed by atoms with van der Waals surface area (Å²) < 4.78 is 5.45. The van der Waals surface area contributed by atoms with Crippen molar-refractivity contribution in [3.05, 3.63) is 59.7 Å². The summed E-state index contributed by atoms with van der Waals surface area (Å²) in [6.45, 7) is 6.65. The van der Waals surface area contributed by atoms with Gasteiger partial charge in [-0.15, -0.1) is 0 Å². The van der Waals surface area contributed by atoms with Gasteiger partial charge in [-0.3, -0.25) is 9.59 Å². The van der Waals surface area contributed by atoms with Crippen LogP contribution in [0.2, 0.25) is 0 Å². The van der Waals surface area contributed by atoms with Crippen LogP contribution >= 0.6 is 0 Å². The van der Waals surface area contributed by atoms with Crippen molar-refractivity contribution in [2.24, 2.45) is 11.3 Å². The van der Waals surface area contributed by atoms with Gasteiger partial charge in [-0.2, -0.15) is 0 Å². The van der Waals surface area contributed by atoms with E-state index in [1.807, 2.05) is 24.3 Å². The summed E-state index contributed by atoms with van der Waals surface area (Å²) in [7, 11) is 0. The number of hydrogen-bond donors (Lipinski definition) is 3. The van der Waals surface area contributed by atoms with Crippen LogP contribution in [-0.2, 0) is 14.3 Å². The lowest BCUT2D eigenvalue weighted by atomic mass is 9.76. The number of carboxylic acids is 1. The normalized spacial score (nSPS) is 13.5. The topological polar surface area (TPSA) is 105 Å². The molecule has 0 saturated carbocycles. The average molecular weight is 467 g/mol. The molecule has 1 aliphatic carbocycles. The molecule has 182 valence electrons. The van der Waals surface area contributed by atoms with E-state index in [-0.39, 0.29) is 42.7 Å².